The van der Waals surface area contributed by atoms with E-state index < -0.39 is 39.8 Å². The largest absolute Gasteiger partial charge is 0.433 e. The van der Waals surface area contributed by atoms with Crippen molar-refractivity contribution in [2.45, 2.75) is 55.8 Å². The number of carbonyl (C=O) groups is 1. The number of Topliss-reactive ketones (excluding diaryl/α,β-unsaturated/α-hetero) is 1. The lowest BCUT2D eigenvalue weighted by Crippen LogP contribution is -2.44. The number of sulfonamides is 1. The zero-order valence-electron chi connectivity index (χ0n) is 19.1. The second kappa shape index (κ2) is 10.0. The standard InChI is InChI=1S/C24H22F4N4O3S/c1-15-2-9-21(32(15)36(34,35)19-7-4-17(25)5-8-19)22(33)10-6-18-12-20(31-14-30-18)16-3-11-23(29-13-16)24(26,27)28/h3-5,7-8,11-15,21H,2,6,9-10H2,1H3/t15-,21?/m0/s1. The molecule has 12 heteroatoms. The van der Waals surface area contributed by atoms with Gasteiger partial charge in [0.05, 0.1) is 16.6 Å². The molecule has 0 saturated carbocycles. The Morgan fingerprint density at radius 3 is 2.42 bits per heavy atom. The van der Waals surface area contributed by atoms with Gasteiger partial charge in [0.2, 0.25) is 10.0 Å². The number of carbonyl (C=O) groups excluding carboxylic acids is 1. The van der Waals surface area contributed by atoms with Gasteiger partial charge in [0.15, 0.2) is 5.78 Å². The molecule has 190 valence electrons. The fourth-order valence-corrected chi connectivity index (χ4v) is 6.08. The summed E-state index contributed by atoms with van der Waals surface area (Å²) in [6, 6.07) is 6.89. The highest BCUT2D eigenvalue weighted by molar-refractivity contribution is 7.89. The lowest BCUT2D eigenvalue weighted by Gasteiger charge is -2.27. The quantitative estimate of drug-likeness (QED) is 0.426. The van der Waals surface area contributed by atoms with Gasteiger partial charge in [-0.3, -0.25) is 9.78 Å². The van der Waals surface area contributed by atoms with Crippen molar-refractivity contribution in [3.8, 4) is 11.3 Å². The van der Waals surface area contributed by atoms with Crippen LogP contribution in [-0.4, -0.2) is 45.5 Å². The monoisotopic (exact) mass is 522 g/mol. The molecule has 0 radical (unpaired) electrons. The average Bonchev–Trinajstić information content (AvgIpc) is 3.25. The minimum absolute atomic E-state index is 0.00847. The maximum absolute atomic E-state index is 13.3. The summed E-state index contributed by atoms with van der Waals surface area (Å²) < 4.78 is 79.1. The smallest absolute Gasteiger partial charge is 0.298 e. The molecule has 3 heterocycles. The number of pyridine rings is 1. The summed E-state index contributed by atoms with van der Waals surface area (Å²) in [4.78, 5) is 24.6. The number of rotatable bonds is 7. The maximum Gasteiger partial charge on any atom is 0.433 e. The summed E-state index contributed by atoms with van der Waals surface area (Å²) in [5.74, 6) is -0.839. The maximum atomic E-state index is 13.3. The molecule has 0 aliphatic carbocycles. The Kier molecular flexibility index (Phi) is 7.19. The van der Waals surface area contributed by atoms with Crippen molar-refractivity contribution in [3.05, 3.63) is 72.2 Å². The van der Waals surface area contributed by atoms with Crippen molar-refractivity contribution in [2.24, 2.45) is 0 Å². The van der Waals surface area contributed by atoms with E-state index in [4.69, 9.17) is 0 Å². The third kappa shape index (κ3) is 5.44. The predicted octanol–water partition coefficient (Wildman–Crippen LogP) is 4.44. The molecule has 0 bridgehead atoms. The molecule has 3 aromatic rings. The first-order valence-electron chi connectivity index (χ1n) is 11.1. The highest BCUT2D eigenvalue weighted by Gasteiger charge is 2.43. The van der Waals surface area contributed by atoms with Gasteiger partial charge in [-0.15, -0.1) is 0 Å². The highest BCUT2D eigenvalue weighted by Crippen LogP contribution is 2.32. The number of hydrogen-bond donors (Lipinski definition) is 0. The van der Waals surface area contributed by atoms with Crippen LogP contribution in [0.15, 0.2) is 59.9 Å². The Hall–Kier alpha value is -3.25. The topological polar surface area (TPSA) is 93.1 Å². The molecule has 0 N–H and O–H groups in total. The normalized spacial score (nSPS) is 18.9. The molecule has 1 saturated heterocycles. The van der Waals surface area contributed by atoms with E-state index in [0.717, 1.165) is 24.4 Å². The molecule has 1 unspecified atom stereocenters. The number of nitrogens with zero attached hydrogens (tertiary/aromatic N) is 4. The third-order valence-corrected chi connectivity index (χ3v) is 8.10. The molecular weight excluding hydrogens is 500 g/mol. The van der Waals surface area contributed by atoms with Crippen LogP contribution in [0.25, 0.3) is 11.3 Å². The second-order valence-electron chi connectivity index (χ2n) is 8.52. The Bertz CT molecular complexity index is 1350. The van der Waals surface area contributed by atoms with E-state index in [2.05, 4.69) is 15.0 Å². The van der Waals surface area contributed by atoms with Gasteiger partial charge in [-0.05, 0) is 68.7 Å². The number of alkyl halides is 3. The fraction of sp³-hybridized carbons (Fsp3) is 0.333. The summed E-state index contributed by atoms with van der Waals surface area (Å²) in [6.07, 6.45) is -1.16. The lowest BCUT2D eigenvalue weighted by molar-refractivity contribution is -0.141. The summed E-state index contributed by atoms with van der Waals surface area (Å²) in [6.45, 7) is 1.73. The van der Waals surface area contributed by atoms with E-state index in [-0.39, 0.29) is 23.5 Å². The molecule has 1 aliphatic rings. The van der Waals surface area contributed by atoms with Gasteiger partial charge in [-0.25, -0.2) is 22.8 Å². The van der Waals surface area contributed by atoms with Crippen molar-refractivity contribution in [3.63, 3.8) is 0 Å². The van der Waals surface area contributed by atoms with E-state index in [9.17, 15) is 30.8 Å². The van der Waals surface area contributed by atoms with Crippen molar-refractivity contribution < 1.29 is 30.8 Å². The average molecular weight is 523 g/mol. The zero-order chi connectivity index (χ0) is 26.1. The molecule has 36 heavy (non-hydrogen) atoms. The van der Waals surface area contributed by atoms with Crippen molar-refractivity contribution >= 4 is 15.8 Å². The second-order valence-corrected chi connectivity index (χ2v) is 10.4. The number of benzene rings is 1. The Morgan fingerprint density at radius 2 is 1.78 bits per heavy atom. The van der Waals surface area contributed by atoms with Crippen molar-refractivity contribution in [1.82, 2.24) is 19.3 Å². The van der Waals surface area contributed by atoms with Crippen LogP contribution in [-0.2, 0) is 27.4 Å². The van der Waals surface area contributed by atoms with E-state index in [0.29, 0.717) is 29.8 Å². The number of aromatic nitrogens is 3. The van der Waals surface area contributed by atoms with Gasteiger partial charge in [0.25, 0.3) is 0 Å². The molecule has 2 atom stereocenters. The molecule has 7 nitrogen and oxygen atoms in total. The summed E-state index contributed by atoms with van der Waals surface area (Å²) in [7, 11) is -4.01. The molecule has 1 aliphatic heterocycles. The minimum atomic E-state index is -4.55. The van der Waals surface area contributed by atoms with Crippen LogP contribution in [0.2, 0.25) is 0 Å². The first-order chi connectivity index (χ1) is 17.0. The van der Waals surface area contributed by atoms with Crippen LogP contribution in [0.3, 0.4) is 0 Å². The summed E-state index contributed by atoms with van der Waals surface area (Å²) in [5, 5.41) is 0. The zero-order valence-corrected chi connectivity index (χ0v) is 19.9. The SMILES string of the molecule is C[C@H]1CCC(C(=O)CCc2cc(-c3ccc(C(F)(F)F)nc3)ncn2)N1S(=O)(=O)c1ccc(F)cc1. The summed E-state index contributed by atoms with van der Waals surface area (Å²) >= 11 is 0. The molecule has 1 fully saturated rings. The van der Waals surface area contributed by atoms with Crippen LogP contribution < -0.4 is 0 Å². The predicted molar refractivity (Wildman–Crippen MR) is 122 cm³/mol. The lowest BCUT2D eigenvalue weighted by atomic mass is 10.0. The Balaban J connectivity index is 1.47. The molecule has 4 rings (SSSR count). The number of halogens is 4. The minimum Gasteiger partial charge on any atom is -0.298 e. The van der Waals surface area contributed by atoms with Gasteiger partial charge < -0.3 is 0 Å². The van der Waals surface area contributed by atoms with E-state index in [1.807, 2.05) is 0 Å². The van der Waals surface area contributed by atoms with Crippen LogP contribution in [0.1, 0.15) is 37.6 Å². The van der Waals surface area contributed by atoms with Crippen LogP contribution in [0, 0.1) is 5.82 Å². The summed E-state index contributed by atoms with van der Waals surface area (Å²) in [5.41, 5.74) is 0.173. The van der Waals surface area contributed by atoms with E-state index in [1.165, 1.54) is 28.8 Å². The third-order valence-electron chi connectivity index (χ3n) is 6.06. The van der Waals surface area contributed by atoms with Gasteiger partial charge >= 0.3 is 6.18 Å². The van der Waals surface area contributed by atoms with Gasteiger partial charge in [-0.1, -0.05) is 0 Å². The van der Waals surface area contributed by atoms with Gasteiger partial charge in [0, 0.05) is 29.9 Å². The van der Waals surface area contributed by atoms with Gasteiger partial charge in [-0.2, -0.15) is 17.5 Å². The number of ketones is 1. The molecule has 1 aromatic carbocycles. The number of aryl methyl sites for hydroxylation is 1. The van der Waals surface area contributed by atoms with Crippen molar-refractivity contribution in [2.75, 3.05) is 0 Å². The fourth-order valence-electron chi connectivity index (χ4n) is 4.22. The van der Waals surface area contributed by atoms with Crippen LogP contribution in [0.4, 0.5) is 17.6 Å². The molecular formula is C24H22F4N4O3S. The van der Waals surface area contributed by atoms with Crippen LogP contribution in [0.5, 0.6) is 0 Å². The van der Waals surface area contributed by atoms with E-state index >= 15 is 0 Å². The molecule has 2 aromatic heterocycles. The first kappa shape index (κ1) is 25.8. The van der Waals surface area contributed by atoms with Crippen molar-refractivity contribution in [1.29, 1.82) is 0 Å². The Morgan fingerprint density at radius 1 is 1.06 bits per heavy atom. The van der Waals surface area contributed by atoms with Crippen LogP contribution >= 0.6 is 0 Å². The first-order valence-corrected chi connectivity index (χ1v) is 12.6. The van der Waals surface area contributed by atoms with Gasteiger partial charge in [0.1, 0.15) is 17.8 Å². The highest BCUT2D eigenvalue weighted by atomic mass is 32.2. The molecule has 0 amide bonds. The van der Waals surface area contributed by atoms with E-state index in [1.54, 1.807) is 13.0 Å². The number of hydrogen-bond acceptors (Lipinski definition) is 6. The Labute approximate surface area is 205 Å². The molecule has 0 spiro atoms.